The topological polar surface area (TPSA) is 29.9 Å². The fourth-order valence-electron chi connectivity index (χ4n) is 3.51. The van der Waals surface area contributed by atoms with E-state index in [2.05, 4.69) is 88.9 Å². The summed E-state index contributed by atoms with van der Waals surface area (Å²) in [6.07, 6.45) is 3.48. The van der Waals surface area contributed by atoms with E-state index < -0.39 is 0 Å². The molecular formula is C21H22IN3. The summed E-state index contributed by atoms with van der Waals surface area (Å²) < 4.78 is 3.37. The molecule has 4 rings (SSSR count). The first-order valence-corrected chi connectivity index (χ1v) is 9.91. The fourth-order valence-corrected chi connectivity index (χ4v) is 4.05. The van der Waals surface area contributed by atoms with Crippen molar-refractivity contribution in [3.8, 4) is 16.9 Å². The molecule has 1 aliphatic rings. The van der Waals surface area contributed by atoms with Gasteiger partial charge in [-0.3, -0.25) is 0 Å². The quantitative estimate of drug-likeness (QED) is 0.530. The van der Waals surface area contributed by atoms with Gasteiger partial charge in [-0.15, -0.1) is 0 Å². The Labute approximate surface area is 162 Å². The molecule has 3 aromatic rings. The molecule has 1 aliphatic heterocycles. The molecule has 0 aliphatic carbocycles. The Bertz CT molecular complexity index is 927. The molecule has 2 heterocycles. The van der Waals surface area contributed by atoms with Crippen LogP contribution in [0.4, 0.5) is 5.82 Å². The number of benzene rings is 2. The van der Waals surface area contributed by atoms with Crippen LogP contribution in [-0.4, -0.2) is 16.3 Å². The molecule has 1 aromatic heterocycles. The van der Waals surface area contributed by atoms with Crippen molar-refractivity contribution in [3.05, 3.63) is 62.7 Å². The lowest BCUT2D eigenvalue weighted by molar-refractivity contribution is 0.779. The van der Waals surface area contributed by atoms with E-state index in [1.54, 1.807) is 0 Å². The van der Waals surface area contributed by atoms with E-state index in [1.807, 2.05) is 0 Å². The molecule has 0 bridgehead atoms. The second-order valence-corrected chi connectivity index (χ2v) is 7.95. The lowest BCUT2D eigenvalue weighted by Crippen LogP contribution is -2.08. The van der Waals surface area contributed by atoms with Gasteiger partial charge >= 0.3 is 0 Å². The molecule has 0 fully saturated rings. The average molecular weight is 443 g/mol. The zero-order chi connectivity index (χ0) is 17.4. The van der Waals surface area contributed by atoms with Crippen LogP contribution >= 0.6 is 22.6 Å². The molecule has 4 heteroatoms. The predicted octanol–water partition coefficient (Wildman–Crippen LogP) is 5.51. The number of fused-ring (bicyclic) bond motifs is 1. The minimum Gasteiger partial charge on any atom is -0.370 e. The van der Waals surface area contributed by atoms with Crippen molar-refractivity contribution in [1.29, 1.82) is 0 Å². The number of aromatic nitrogens is 2. The zero-order valence-electron chi connectivity index (χ0n) is 14.6. The van der Waals surface area contributed by atoms with E-state index in [4.69, 9.17) is 5.10 Å². The van der Waals surface area contributed by atoms with Gasteiger partial charge in [0.25, 0.3) is 0 Å². The number of halogens is 1. The molecule has 25 heavy (non-hydrogen) atoms. The van der Waals surface area contributed by atoms with Crippen LogP contribution in [0, 0.1) is 17.4 Å². The van der Waals surface area contributed by atoms with Crippen molar-refractivity contribution in [2.24, 2.45) is 0 Å². The number of hydrogen-bond acceptors (Lipinski definition) is 2. The van der Waals surface area contributed by atoms with Crippen LogP contribution < -0.4 is 5.32 Å². The Hall–Kier alpha value is -1.82. The number of hydrogen-bond donors (Lipinski definition) is 1. The molecule has 2 aromatic carbocycles. The molecule has 0 saturated carbocycles. The normalized spacial score (nSPS) is 13.9. The molecule has 128 valence electrons. The van der Waals surface area contributed by atoms with Crippen molar-refractivity contribution in [3.63, 3.8) is 0 Å². The van der Waals surface area contributed by atoms with Gasteiger partial charge in [-0.25, -0.2) is 4.68 Å². The average Bonchev–Trinajstić information content (AvgIpc) is 2.79. The van der Waals surface area contributed by atoms with Crippen LogP contribution in [0.2, 0.25) is 0 Å². The third-order valence-corrected chi connectivity index (χ3v) is 5.70. The van der Waals surface area contributed by atoms with Crippen molar-refractivity contribution in [2.75, 3.05) is 11.9 Å². The third kappa shape index (κ3) is 3.08. The van der Waals surface area contributed by atoms with Crippen LogP contribution in [0.15, 0.2) is 42.5 Å². The SMILES string of the molecule is Cc1cccc(-n2nc(-c3cccc(I)c3)c3c2NCCCC3)c1C. The summed E-state index contributed by atoms with van der Waals surface area (Å²) in [5.41, 5.74) is 7.42. The number of nitrogens with one attached hydrogen (secondary N) is 1. The highest BCUT2D eigenvalue weighted by Gasteiger charge is 2.22. The van der Waals surface area contributed by atoms with Gasteiger partial charge in [0, 0.05) is 21.2 Å². The highest BCUT2D eigenvalue weighted by atomic mass is 127. The fraction of sp³-hybridized carbons (Fsp3) is 0.286. The highest BCUT2D eigenvalue weighted by molar-refractivity contribution is 14.1. The Morgan fingerprint density at radius 2 is 1.92 bits per heavy atom. The monoisotopic (exact) mass is 443 g/mol. The lowest BCUT2D eigenvalue weighted by atomic mass is 10.0. The molecular weight excluding hydrogens is 421 g/mol. The standard InChI is InChI=1S/C21H22IN3/c1-14-7-5-11-19(15(14)2)25-21-18(10-3-4-12-23-21)20(24-25)16-8-6-9-17(22)13-16/h5-9,11,13,23H,3-4,10,12H2,1-2H3. The van der Waals surface area contributed by atoms with Crippen LogP contribution in [-0.2, 0) is 6.42 Å². The molecule has 0 unspecified atom stereocenters. The first-order chi connectivity index (χ1) is 12.1. The molecule has 3 nitrogen and oxygen atoms in total. The first kappa shape index (κ1) is 16.6. The summed E-state index contributed by atoms with van der Waals surface area (Å²) in [7, 11) is 0. The summed E-state index contributed by atoms with van der Waals surface area (Å²) in [5.74, 6) is 1.17. The Morgan fingerprint density at radius 3 is 2.76 bits per heavy atom. The minimum absolute atomic E-state index is 1.01. The zero-order valence-corrected chi connectivity index (χ0v) is 16.8. The highest BCUT2D eigenvalue weighted by Crippen LogP contribution is 2.35. The van der Waals surface area contributed by atoms with E-state index in [1.165, 1.54) is 50.2 Å². The van der Waals surface area contributed by atoms with Crippen molar-refractivity contribution < 1.29 is 0 Å². The minimum atomic E-state index is 1.01. The number of aryl methyl sites for hydroxylation is 1. The Balaban J connectivity index is 1.95. The van der Waals surface area contributed by atoms with E-state index in [-0.39, 0.29) is 0 Å². The van der Waals surface area contributed by atoms with Gasteiger partial charge in [0.15, 0.2) is 0 Å². The second kappa shape index (κ2) is 6.83. The molecule has 0 saturated heterocycles. The molecule has 1 N–H and O–H groups in total. The molecule has 0 atom stereocenters. The molecule has 0 radical (unpaired) electrons. The van der Waals surface area contributed by atoms with Crippen molar-refractivity contribution >= 4 is 28.4 Å². The maximum absolute atomic E-state index is 5.07. The van der Waals surface area contributed by atoms with Gasteiger partial charge in [0.1, 0.15) is 5.82 Å². The number of nitrogens with zero attached hydrogens (tertiary/aromatic N) is 2. The molecule has 0 amide bonds. The van der Waals surface area contributed by atoms with Crippen LogP contribution in [0.1, 0.15) is 29.5 Å². The molecule has 0 spiro atoms. The van der Waals surface area contributed by atoms with E-state index in [0.717, 1.165) is 18.7 Å². The second-order valence-electron chi connectivity index (χ2n) is 6.70. The first-order valence-electron chi connectivity index (χ1n) is 8.83. The number of anilines is 1. The summed E-state index contributed by atoms with van der Waals surface area (Å²) >= 11 is 2.37. The van der Waals surface area contributed by atoms with Gasteiger partial charge in [-0.05, 0) is 85.0 Å². The predicted molar refractivity (Wildman–Crippen MR) is 113 cm³/mol. The lowest BCUT2D eigenvalue weighted by Gasteiger charge is -2.13. The van der Waals surface area contributed by atoms with E-state index in [0.29, 0.717) is 0 Å². The third-order valence-electron chi connectivity index (χ3n) is 5.03. The van der Waals surface area contributed by atoms with Gasteiger partial charge in [-0.2, -0.15) is 5.10 Å². The van der Waals surface area contributed by atoms with Crippen LogP contribution in [0.3, 0.4) is 0 Å². The number of rotatable bonds is 2. The Kier molecular flexibility index (Phi) is 4.54. The smallest absolute Gasteiger partial charge is 0.133 e. The van der Waals surface area contributed by atoms with Crippen molar-refractivity contribution in [2.45, 2.75) is 33.1 Å². The Morgan fingerprint density at radius 1 is 1.08 bits per heavy atom. The summed E-state index contributed by atoms with van der Waals surface area (Å²) in [4.78, 5) is 0. The van der Waals surface area contributed by atoms with Gasteiger partial charge < -0.3 is 5.32 Å². The summed E-state index contributed by atoms with van der Waals surface area (Å²) in [5, 5.41) is 8.71. The van der Waals surface area contributed by atoms with E-state index >= 15 is 0 Å². The van der Waals surface area contributed by atoms with Crippen molar-refractivity contribution in [1.82, 2.24) is 9.78 Å². The maximum Gasteiger partial charge on any atom is 0.133 e. The van der Waals surface area contributed by atoms with Crippen LogP contribution in [0.5, 0.6) is 0 Å². The van der Waals surface area contributed by atoms with E-state index in [9.17, 15) is 0 Å². The van der Waals surface area contributed by atoms with Crippen LogP contribution in [0.25, 0.3) is 16.9 Å². The van der Waals surface area contributed by atoms with Gasteiger partial charge in [0.05, 0.1) is 11.4 Å². The summed E-state index contributed by atoms with van der Waals surface area (Å²) in [6.45, 7) is 5.35. The van der Waals surface area contributed by atoms with Gasteiger partial charge in [-0.1, -0.05) is 24.3 Å². The summed E-state index contributed by atoms with van der Waals surface area (Å²) in [6, 6.07) is 15.1. The maximum atomic E-state index is 5.07. The van der Waals surface area contributed by atoms with Gasteiger partial charge in [0.2, 0.25) is 0 Å². The largest absolute Gasteiger partial charge is 0.370 e.